The number of halogens is 1. The average Bonchev–Trinajstić information content (AvgIpc) is 3.13. The van der Waals surface area contributed by atoms with Crippen molar-refractivity contribution in [3.05, 3.63) is 83.6 Å². The SMILES string of the molecule is O=C(CCc1nc2ccccc2[nH]1)Nc1ccccc1Oc1ccccc1Cl. The van der Waals surface area contributed by atoms with Crippen LogP contribution in [0.4, 0.5) is 5.69 Å². The fourth-order valence-electron chi connectivity index (χ4n) is 2.87. The molecule has 0 fully saturated rings. The number of anilines is 1. The van der Waals surface area contributed by atoms with Crippen LogP contribution in [0.3, 0.4) is 0 Å². The van der Waals surface area contributed by atoms with Crippen LogP contribution < -0.4 is 10.1 Å². The maximum atomic E-state index is 12.4. The first-order chi connectivity index (χ1) is 13.7. The minimum absolute atomic E-state index is 0.115. The lowest BCUT2D eigenvalue weighted by Crippen LogP contribution is -2.13. The summed E-state index contributed by atoms with van der Waals surface area (Å²) in [5.74, 6) is 1.74. The molecular weight excluding hydrogens is 374 g/mol. The third-order valence-corrected chi connectivity index (χ3v) is 4.56. The van der Waals surface area contributed by atoms with Gasteiger partial charge in [-0.05, 0) is 36.4 Å². The third kappa shape index (κ3) is 4.15. The number of H-pyrrole nitrogens is 1. The third-order valence-electron chi connectivity index (χ3n) is 4.24. The average molecular weight is 392 g/mol. The Kier molecular flexibility index (Phi) is 5.26. The number of ether oxygens (including phenoxy) is 1. The molecule has 1 amide bonds. The molecule has 4 aromatic rings. The highest BCUT2D eigenvalue weighted by atomic mass is 35.5. The number of aryl methyl sites for hydroxylation is 1. The Bertz CT molecular complexity index is 1090. The van der Waals surface area contributed by atoms with E-state index in [2.05, 4.69) is 15.3 Å². The van der Waals surface area contributed by atoms with Gasteiger partial charge in [0.15, 0.2) is 5.75 Å². The number of imidazole rings is 1. The molecule has 3 aromatic carbocycles. The number of fused-ring (bicyclic) bond motifs is 1. The maximum Gasteiger partial charge on any atom is 0.224 e. The van der Waals surface area contributed by atoms with Crippen LogP contribution in [0.25, 0.3) is 11.0 Å². The molecule has 0 aliphatic carbocycles. The normalized spacial score (nSPS) is 10.8. The van der Waals surface area contributed by atoms with Crippen molar-refractivity contribution < 1.29 is 9.53 Å². The Morgan fingerprint density at radius 1 is 0.964 bits per heavy atom. The van der Waals surface area contributed by atoms with Crippen molar-refractivity contribution in [2.24, 2.45) is 0 Å². The Balaban J connectivity index is 1.42. The van der Waals surface area contributed by atoms with Crippen molar-refractivity contribution in [1.29, 1.82) is 0 Å². The van der Waals surface area contributed by atoms with Crippen molar-refractivity contribution >= 4 is 34.2 Å². The summed E-state index contributed by atoms with van der Waals surface area (Å²) in [4.78, 5) is 20.2. The number of nitrogens with zero attached hydrogens (tertiary/aromatic N) is 1. The van der Waals surface area contributed by atoms with E-state index < -0.39 is 0 Å². The van der Waals surface area contributed by atoms with Gasteiger partial charge < -0.3 is 15.0 Å². The minimum atomic E-state index is -0.115. The van der Waals surface area contributed by atoms with Crippen LogP contribution in [-0.4, -0.2) is 15.9 Å². The van der Waals surface area contributed by atoms with E-state index in [4.69, 9.17) is 16.3 Å². The number of rotatable bonds is 6. The number of aromatic nitrogens is 2. The van der Waals surface area contributed by atoms with Gasteiger partial charge in [-0.2, -0.15) is 0 Å². The summed E-state index contributed by atoms with van der Waals surface area (Å²) in [6.07, 6.45) is 0.828. The number of amides is 1. The summed E-state index contributed by atoms with van der Waals surface area (Å²) in [5.41, 5.74) is 2.46. The number of hydrogen-bond donors (Lipinski definition) is 2. The van der Waals surface area contributed by atoms with E-state index in [9.17, 15) is 4.79 Å². The molecule has 28 heavy (non-hydrogen) atoms. The Morgan fingerprint density at radius 2 is 1.68 bits per heavy atom. The van der Waals surface area contributed by atoms with Crippen molar-refractivity contribution in [2.45, 2.75) is 12.8 Å². The fraction of sp³-hybridized carbons (Fsp3) is 0.0909. The Hall–Kier alpha value is -3.31. The van der Waals surface area contributed by atoms with Gasteiger partial charge in [-0.3, -0.25) is 4.79 Å². The number of hydrogen-bond acceptors (Lipinski definition) is 3. The summed E-state index contributed by atoms with van der Waals surface area (Å²) in [7, 11) is 0. The van der Waals surface area contributed by atoms with Crippen LogP contribution >= 0.6 is 11.6 Å². The van der Waals surface area contributed by atoms with Crippen LogP contribution in [0.2, 0.25) is 5.02 Å². The van der Waals surface area contributed by atoms with E-state index in [1.807, 2.05) is 48.5 Å². The fourth-order valence-corrected chi connectivity index (χ4v) is 3.05. The van der Waals surface area contributed by atoms with E-state index in [-0.39, 0.29) is 5.91 Å². The lowest BCUT2D eigenvalue weighted by Gasteiger charge is -2.13. The monoisotopic (exact) mass is 391 g/mol. The summed E-state index contributed by atoms with van der Waals surface area (Å²) >= 11 is 6.16. The van der Waals surface area contributed by atoms with Gasteiger partial charge in [0.05, 0.1) is 21.7 Å². The molecule has 140 valence electrons. The van der Waals surface area contributed by atoms with E-state index in [0.29, 0.717) is 35.1 Å². The molecule has 0 aliphatic rings. The topological polar surface area (TPSA) is 67.0 Å². The molecule has 0 atom stereocenters. The number of carbonyl (C=O) groups is 1. The zero-order valence-corrected chi connectivity index (χ0v) is 15.7. The Morgan fingerprint density at radius 3 is 2.50 bits per heavy atom. The maximum absolute atomic E-state index is 12.4. The van der Waals surface area contributed by atoms with E-state index in [1.54, 1.807) is 24.3 Å². The highest BCUT2D eigenvalue weighted by Crippen LogP contribution is 2.33. The molecule has 4 rings (SSSR count). The van der Waals surface area contributed by atoms with Crippen molar-refractivity contribution in [1.82, 2.24) is 9.97 Å². The first-order valence-corrected chi connectivity index (χ1v) is 9.32. The summed E-state index contributed by atoms with van der Waals surface area (Å²) in [6, 6.07) is 22.3. The van der Waals surface area contributed by atoms with Gasteiger partial charge in [-0.1, -0.05) is 48.0 Å². The largest absolute Gasteiger partial charge is 0.454 e. The second-order valence-electron chi connectivity index (χ2n) is 6.28. The zero-order chi connectivity index (χ0) is 19.3. The lowest BCUT2D eigenvalue weighted by atomic mass is 10.2. The van der Waals surface area contributed by atoms with Gasteiger partial charge in [0.25, 0.3) is 0 Å². The molecule has 6 heteroatoms. The van der Waals surface area contributed by atoms with Crippen LogP contribution in [0.1, 0.15) is 12.2 Å². The standard InChI is InChI=1S/C22H18ClN3O2/c23-15-7-1-5-11-19(15)28-20-12-6-4-10-18(20)26-22(27)14-13-21-24-16-8-2-3-9-17(16)25-21/h1-12H,13-14H2,(H,24,25)(H,26,27). The predicted octanol–water partition coefficient (Wildman–Crippen LogP) is 5.58. The highest BCUT2D eigenvalue weighted by Gasteiger charge is 2.11. The zero-order valence-electron chi connectivity index (χ0n) is 15.0. The minimum Gasteiger partial charge on any atom is -0.454 e. The molecule has 1 heterocycles. The Labute approximate surface area is 167 Å². The van der Waals surface area contributed by atoms with Crippen LogP contribution in [0.5, 0.6) is 11.5 Å². The molecule has 0 aliphatic heterocycles. The number of nitrogens with one attached hydrogen (secondary N) is 2. The molecule has 0 unspecified atom stereocenters. The van der Waals surface area contributed by atoms with Gasteiger partial charge in [-0.25, -0.2) is 4.98 Å². The second kappa shape index (κ2) is 8.15. The van der Waals surface area contributed by atoms with Gasteiger partial charge in [-0.15, -0.1) is 0 Å². The smallest absolute Gasteiger partial charge is 0.224 e. The summed E-state index contributed by atoms with van der Waals surface area (Å²) in [5, 5.41) is 3.41. The van der Waals surface area contributed by atoms with E-state index in [1.165, 1.54) is 0 Å². The lowest BCUT2D eigenvalue weighted by molar-refractivity contribution is -0.116. The van der Waals surface area contributed by atoms with E-state index >= 15 is 0 Å². The van der Waals surface area contributed by atoms with Gasteiger partial charge in [0.2, 0.25) is 5.91 Å². The van der Waals surface area contributed by atoms with Crippen molar-refractivity contribution in [2.75, 3.05) is 5.32 Å². The number of benzene rings is 3. The first kappa shape index (κ1) is 18.1. The summed E-state index contributed by atoms with van der Waals surface area (Å²) in [6.45, 7) is 0. The number of para-hydroxylation sites is 5. The molecule has 2 N–H and O–H groups in total. The molecule has 0 saturated heterocycles. The molecule has 0 spiro atoms. The highest BCUT2D eigenvalue weighted by molar-refractivity contribution is 6.32. The van der Waals surface area contributed by atoms with Crippen LogP contribution in [-0.2, 0) is 11.2 Å². The van der Waals surface area contributed by atoms with Crippen molar-refractivity contribution in [3.8, 4) is 11.5 Å². The molecular formula is C22H18ClN3O2. The van der Waals surface area contributed by atoms with Gasteiger partial charge in [0, 0.05) is 12.8 Å². The molecule has 5 nitrogen and oxygen atoms in total. The number of aromatic amines is 1. The molecule has 0 radical (unpaired) electrons. The number of carbonyl (C=O) groups excluding carboxylic acids is 1. The predicted molar refractivity (Wildman–Crippen MR) is 111 cm³/mol. The van der Waals surface area contributed by atoms with Gasteiger partial charge >= 0.3 is 0 Å². The van der Waals surface area contributed by atoms with Crippen LogP contribution in [0, 0.1) is 0 Å². The van der Waals surface area contributed by atoms with Crippen LogP contribution in [0.15, 0.2) is 72.8 Å². The first-order valence-electron chi connectivity index (χ1n) is 8.94. The summed E-state index contributed by atoms with van der Waals surface area (Å²) < 4.78 is 5.88. The molecule has 0 saturated carbocycles. The quantitative estimate of drug-likeness (QED) is 0.451. The second-order valence-corrected chi connectivity index (χ2v) is 6.68. The molecule has 0 bridgehead atoms. The van der Waals surface area contributed by atoms with Gasteiger partial charge in [0.1, 0.15) is 11.6 Å². The van der Waals surface area contributed by atoms with E-state index in [0.717, 1.165) is 16.9 Å². The van der Waals surface area contributed by atoms with Crippen molar-refractivity contribution in [3.63, 3.8) is 0 Å². The molecule has 1 aromatic heterocycles.